The van der Waals surface area contributed by atoms with Gasteiger partial charge in [0.05, 0.1) is 0 Å². The first-order chi connectivity index (χ1) is 15.0. The van der Waals surface area contributed by atoms with E-state index in [9.17, 15) is 19.5 Å². The van der Waals surface area contributed by atoms with E-state index in [-0.39, 0.29) is 11.8 Å². The summed E-state index contributed by atoms with van der Waals surface area (Å²) in [4.78, 5) is 40.8. The normalized spacial score (nSPS) is 14.6. The van der Waals surface area contributed by atoms with Gasteiger partial charge in [-0.2, -0.15) is 0 Å². The zero-order valence-corrected chi connectivity index (χ0v) is 21.7. The zero-order chi connectivity index (χ0) is 25.7. The number of phenols is 1. The summed E-state index contributed by atoms with van der Waals surface area (Å²) in [5.74, 6) is -0.910. The molecule has 3 N–H and O–H groups in total. The second-order valence-electron chi connectivity index (χ2n) is 10.5. The minimum absolute atomic E-state index is 0.0413. The second kappa shape index (κ2) is 10.9. The fraction of sp³-hybridized carbons (Fsp3) is 0.640. The molecule has 3 unspecified atom stereocenters. The van der Waals surface area contributed by atoms with Gasteiger partial charge in [-0.1, -0.05) is 25.1 Å². The molecule has 0 aliphatic rings. The number of aryl methyl sites for hydroxylation is 1. The maximum absolute atomic E-state index is 13.6. The molecule has 8 nitrogen and oxygen atoms in total. The minimum Gasteiger partial charge on any atom is -0.507 e. The number of nitrogens with zero attached hydrogens (tertiary/aromatic N) is 1. The van der Waals surface area contributed by atoms with Gasteiger partial charge < -0.3 is 25.4 Å². The summed E-state index contributed by atoms with van der Waals surface area (Å²) in [5, 5.41) is 16.3. The van der Waals surface area contributed by atoms with E-state index >= 15 is 0 Å². The number of hydrogen-bond acceptors (Lipinski definition) is 5. The Kier molecular flexibility index (Phi) is 9.33. The van der Waals surface area contributed by atoms with E-state index in [0.717, 1.165) is 0 Å². The highest BCUT2D eigenvalue weighted by molar-refractivity contribution is 5.92. The zero-order valence-electron chi connectivity index (χ0n) is 21.7. The fourth-order valence-electron chi connectivity index (χ4n) is 3.32. The number of carbonyl (C=O) groups is 3. The number of amides is 3. The Balaban J connectivity index is 3.48. The molecule has 0 saturated carbocycles. The predicted octanol–water partition coefficient (Wildman–Crippen LogP) is 4.20. The second-order valence-corrected chi connectivity index (χ2v) is 10.5. The van der Waals surface area contributed by atoms with Crippen LogP contribution in [-0.4, -0.2) is 51.1 Å². The van der Waals surface area contributed by atoms with Gasteiger partial charge in [-0.05, 0) is 74.3 Å². The third-order valence-electron chi connectivity index (χ3n) is 5.01. The number of nitrogens with one attached hydrogen (secondary N) is 2. The highest BCUT2D eigenvalue weighted by Crippen LogP contribution is 2.34. The van der Waals surface area contributed by atoms with Crippen LogP contribution >= 0.6 is 0 Å². The summed E-state index contributed by atoms with van der Waals surface area (Å²) in [6.45, 7) is 17.8. The minimum atomic E-state index is -1.09. The first kappa shape index (κ1) is 28.3. The Morgan fingerprint density at radius 2 is 1.67 bits per heavy atom. The van der Waals surface area contributed by atoms with Gasteiger partial charge in [0.1, 0.15) is 23.4 Å². The number of benzene rings is 1. The van der Waals surface area contributed by atoms with Crippen molar-refractivity contribution in [1.29, 1.82) is 0 Å². The number of hydrogen-bond donors (Lipinski definition) is 3. The Hall–Kier alpha value is -2.77. The molecule has 1 aromatic carbocycles. The Bertz CT molecular complexity index is 855. The van der Waals surface area contributed by atoms with Crippen molar-refractivity contribution in [3.63, 3.8) is 0 Å². The van der Waals surface area contributed by atoms with Crippen molar-refractivity contribution in [3.05, 3.63) is 29.3 Å². The predicted molar refractivity (Wildman–Crippen MR) is 129 cm³/mol. The Morgan fingerprint density at radius 1 is 1.09 bits per heavy atom. The van der Waals surface area contributed by atoms with Crippen LogP contribution in [0, 0.1) is 6.92 Å². The molecule has 0 aliphatic carbocycles. The molecule has 1 aromatic rings. The van der Waals surface area contributed by atoms with Gasteiger partial charge in [0.25, 0.3) is 0 Å². The molecule has 3 atom stereocenters. The molecule has 8 heteroatoms. The van der Waals surface area contributed by atoms with Gasteiger partial charge in [0.15, 0.2) is 0 Å². The van der Waals surface area contributed by atoms with Crippen LogP contribution in [0.15, 0.2) is 18.2 Å². The van der Waals surface area contributed by atoms with Crippen molar-refractivity contribution in [2.75, 3.05) is 0 Å². The molecule has 0 saturated heterocycles. The van der Waals surface area contributed by atoms with Crippen LogP contribution in [0.5, 0.6) is 5.75 Å². The van der Waals surface area contributed by atoms with Crippen LogP contribution < -0.4 is 10.6 Å². The van der Waals surface area contributed by atoms with Gasteiger partial charge >= 0.3 is 6.09 Å². The summed E-state index contributed by atoms with van der Waals surface area (Å²) < 4.78 is 5.28. The topological polar surface area (TPSA) is 108 Å². The highest BCUT2D eigenvalue weighted by atomic mass is 16.6. The van der Waals surface area contributed by atoms with Crippen LogP contribution in [0.25, 0.3) is 0 Å². The van der Waals surface area contributed by atoms with Crippen LogP contribution in [0.2, 0.25) is 0 Å². The van der Waals surface area contributed by atoms with Gasteiger partial charge in [-0.3, -0.25) is 9.59 Å². The molecular formula is C25H41N3O5. The number of phenolic OH excluding ortho intramolecular Hbond substituents is 1. The molecule has 0 heterocycles. The van der Waals surface area contributed by atoms with Crippen LogP contribution in [-0.2, 0) is 14.3 Å². The molecule has 0 fully saturated rings. The van der Waals surface area contributed by atoms with E-state index < -0.39 is 41.1 Å². The summed E-state index contributed by atoms with van der Waals surface area (Å²) >= 11 is 0. The summed E-state index contributed by atoms with van der Waals surface area (Å²) in [6.07, 6.45) is -0.155. The van der Waals surface area contributed by atoms with E-state index in [2.05, 4.69) is 10.6 Å². The average Bonchev–Trinajstić information content (AvgIpc) is 2.64. The van der Waals surface area contributed by atoms with Gasteiger partial charge in [0.2, 0.25) is 11.8 Å². The smallest absolute Gasteiger partial charge is 0.408 e. The van der Waals surface area contributed by atoms with Gasteiger partial charge in [0, 0.05) is 17.1 Å². The third kappa shape index (κ3) is 8.26. The molecule has 33 heavy (non-hydrogen) atoms. The number of rotatable bonds is 7. The highest BCUT2D eigenvalue weighted by Gasteiger charge is 2.39. The van der Waals surface area contributed by atoms with Crippen molar-refractivity contribution in [1.82, 2.24) is 15.5 Å². The SMILES string of the molecule is CCC(C)N(C(=O)C(C)NC(=O)OC(C)(C)C)C(C(=O)NC(C)(C)C)c1cccc(C)c1O. The molecule has 1 rings (SSSR count). The first-order valence-electron chi connectivity index (χ1n) is 11.4. The van der Waals surface area contributed by atoms with Crippen LogP contribution in [0.1, 0.15) is 85.9 Å². The lowest BCUT2D eigenvalue weighted by atomic mass is 9.96. The Morgan fingerprint density at radius 3 is 2.15 bits per heavy atom. The fourth-order valence-corrected chi connectivity index (χ4v) is 3.32. The lowest BCUT2D eigenvalue weighted by Gasteiger charge is -2.39. The number of para-hydroxylation sites is 1. The quantitative estimate of drug-likeness (QED) is 0.562. The first-order valence-corrected chi connectivity index (χ1v) is 11.4. The summed E-state index contributed by atoms with van der Waals surface area (Å²) in [6, 6.07) is 2.73. The van der Waals surface area contributed by atoms with Crippen molar-refractivity contribution in [3.8, 4) is 5.75 Å². The van der Waals surface area contributed by atoms with E-state index in [4.69, 9.17) is 4.74 Å². The molecule has 0 radical (unpaired) electrons. The molecule has 0 spiro atoms. The lowest BCUT2D eigenvalue weighted by Crippen LogP contribution is -2.56. The molecule has 0 aromatic heterocycles. The molecule has 0 aliphatic heterocycles. The molecular weight excluding hydrogens is 422 g/mol. The number of aromatic hydroxyl groups is 1. The lowest BCUT2D eigenvalue weighted by molar-refractivity contribution is -0.145. The maximum Gasteiger partial charge on any atom is 0.408 e. The monoisotopic (exact) mass is 463 g/mol. The van der Waals surface area contributed by atoms with Crippen molar-refractivity contribution < 1.29 is 24.2 Å². The van der Waals surface area contributed by atoms with Crippen molar-refractivity contribution in [2.24, 2.45) is 0 Å². The van der Waals surface area contributed by atoms with Gasteiger partial charge in [-0.15, -0.1) is 0 Å². The number of carbonyl (C=O) groups excluding carboxylic acids is 3. The maximum atomic E-state index is 13.6. The van der Waals surface area contributed by atoms with E-state index in [1.165, 1.54) is 4.90 Å². The van der Waals surface area contributed by atoms with Crippen molar-refractivity contribution in [2.45, 2.75) is 105 Å². The van der Waals surface area contributed by atoms with E-state index in [1.54, 1.807) is 52.8 Å². The van der Waals surface area contributed by atoms with Crippen LogP contribution in [0.4, 0.5) is 4.79 Å². The standard InChI is InChI=1S/C25H41N3O5/c1-11-16(3)28(22(31)17(4)26-23(32)33-25(8,9)10)19(21(30)27-24(5,6)7)18-14-12-13-15(2)20(18)29/h12-14,16-17,19,29H,11H2,1-10H3,(H,26,32)(H,27,30). The average molecular weight is 464 g/mol. The van der Waals surface area contributed by atoms with E-state index in [0.29, 0.717) is 17.5 Å². The largest absolute Gasteiger partial charge is 0.507 e. The summed E-state index contributed by atoms with van der Waals surface area (Å²) in [5.41, 5.74) is -0.349. The Labute approximate surface area is 198 Å². The molecule has 3 amide bonds. The number of alkyl carbamates (subject to hydrolysis) is 1. The third-order valence-corrected chi connectivity index (χ3v) is 5.01. The summed E-state index contributed by atoms with van der Waals surface area (Å²) in [7, 11) is 0. The van der Waals surface area contributed by atoms with Crippen molar-refractivity contribution >= 4 is 17.9 Å². The number of ether oxygens (including phenoxy) is 1. The van der Waals surface area contributed by atoms with E-state index in [1.807, 2.05) is 34.6 Å². The van der Waals surface area contributed by atoms with Gasteiger partial charge in [-0.25, -0.2) is 4.79 Å². The van der Waals surface area contributed by atoms with Crippen LogP contribution in [0.3, 0.4) is 0 Å². The molecule has 0 bridgehead atoms. The molecule has 186 valence electrons.